The van der Waals surface area contributed by atoms with Crippen molar-refractivity contribution >= 4 is 23.2 Å². The van der Waals surface area contributed by atoms with Crippen LogP contribution in [-0.2, 0) is 12.5 Å². The van der Waals surface area contributed by atoms with Crippen molar-refractivity contribution in [3.8, 4) is 23.8 Å². The fourth-order valence-electron chi connectivity index (χ4n) is 4.53. The van der Waals surface area contributed by atoms with Crippen LogP contribution in [0.2, 0.25) is 0 Å². The molecule has 1 aliphatic rings. The molecule has 0 radical (unpaired) electrons. The second-order valence-electron chi connectivity index (χ2n) is 8.95. The molecule has 3 aromatic carbocycles. The molecular weight excluding hydrogens is 518 g/mol. The normalized spacial score (nSPS) is 12.9. The van der Waals surface area contributed by atoms with Gasteiger partial charge in [-0.25, -0.2) is 0 Å². The van der Waals surface area contributed by atoms with Crippen LogP contribution in [0, 0.1) is 12.3 Å². The lowest BCUT2D eigenvalue weighted by atomic mass is 9.99. The van der Waals surface area contributed by atoms with Gasteiger partial charge in [0.25, 0.3) is 17.7 Å². The molecule has 4 aromatic rings. The minimum Gasteiger partial charge on any atom is -0.497 e. The highest BCUT2D eigenvalue weighted by molar-refractivity contribution is 6.13. The number of benzene rings is 3. The van der Waals surface area contributed by atoms with E-state index < -0.39 is 17.7 Å². The molecule has 1 aliphatic heterocycles. The van der Waals surface area contributed by atoms with Crippen LogP contribution in [0.25, 0.3) is 0 Å². The van der Waals surface area contributed by atoms with Gasteiger partial charge in [0.15, 0.2) is 0 Å². The molecule has 0 spiro atoms. The number of aromatic nitrogens is 2. The zero-order valence-electron chi connectivity index (χ0n) is 21.7. The molecule has 1 N–H and O–H groups in total. The third kappa shape index (κ3) is 4.73. The van der Waals surface area contributed by atoms with Crippen LogP contribution in [0.3, 0.4) is 0 Å². The number of amides is 2. The molecule has 0 unspecified atom stereocenters. The summed E-state index contributed by atoms with van der Waals surface area (Å²) in [6.07, 6.45) is 6.91. The first kappa shape index (κ1) is 26.4. The van der Waals surface area contributed by atoms with Crippen LogP contribution in [-0.4, -0.2) is 42.4 Å². The minimum absolute atomic E-state index is 0.177. The monoisotopic (exact) mass is 542 g/mol. The zero-order chi connectivity index (χ0) is 28.4. The third-order valence-corrected chi connectivity index (χ3v) is 6.66. The number of hydrogen-bond donors (Lipinski definition) is 1. The summed E-state index contributed by atoms with van der Waals surface area (Å²) >= 11 is 0. The Morgan fingerprint density at radius 2 is 1.80 bits per heavy atom. The Morgan fingerprint density at radius 1 is 1.02 bits per heavy atom. The molecule has 0 atom stereocenters. The number of carbonyl (C=O) groups is 2. The van der Waals surface area contributed by atoms with Gasteiger partial charge in [0, 0.05) is 28.9 Å². The van der Waals surface area contributed by atoms with E-state index in [-0.39, 0.29) is 34.6 Å². The summed E-state index contributed by atoms with van der Waals surface area (Å²) in [6.45, 7) is 0.624. The second kappa shape index (κ2) is 10.5. The summed E-state index contributed by atoms with van der Waals surface area (Å²) in [5.41, 5.74) is 1.10. The average Bonchev–Trinajstić information content (AvgIpc) is 3.40. The highest BCUT2D eigenvalue weighted by Gasteiger charge is 2.35. The molecule has 2 heterocycles. The van der Waals surface area contributed by atoms with Gasteiger partial charge in [0.1, 0.15) is 17.2 Å². The number of nitrogens with one attached hydrogen (secondary N) is 1. The lowest BCUT2D eigenvalue weighted by Gasteiger charge is -2.28. The predicted molar refractivity (Wildman–Crippen MR) is 145 cm³/mol. The van der Waals surface area contributed by atoms with Crippen LogP contribution in [0.15, 0.2) is 72.9 Å². The number of hydrogen-bond acceptors (Lipinski definition) is 5. The van der Waals surface area contributed by atoms with Crippen molar-refractivity contribution in [3.05, 3.63) is 101 Å². The van der Waals surface area contributed by atoms with E-state index in [1.54, 1.807) is 18.2 Å². The first-order chi connectivity index (χ1) is 19.3. The van der Waals surface area contributed by atoms with Crippen LogP contribution in [0.1, 0.15) is 37.5 Å². The number of methoxy groups -OCH3 is 2. The van der Waals surface area contributed by atoms with Crippen molar-refractivity contribution in [1.82, 2.24) is 9.78 Å². The molecule has 0 aliphatic carbocycles. The lowest BCUT2D eigenvalue weighted by Crippen LogP contribution is -2.41. The molecule has 8 nitrogen and oxygen atoms in total. The van der Waals surface area contributed by atoms with Gasteiger partial charge >= 0.3 is 0 Å². The number of rotatable bonds is 7. The summed E-state index contributed by atoms with van der Waals surface area (Å²) in [5.74, 6) is -0.914. The topological polar surface area (TPSA) is 85.7 Å². The van der Waals surface area contributed by atoms with Gasteiger partial charge in [-0.05, 0) is 42.5 Å². The molecule has 1 aromatic heterocycles. The van der Waals surface area contributed by atoms with Crippen molar-refractivity contribution in [3.63, 3.8) is 0 Å². The summed E-state index contributed by atoms with van der Waals surface area (Å²) in [6, 6.07) is 15.9. The molecule has 40 heavy (non-hydrogen) atoms. The van der Waals surface area contributed by atoms with Crippen LogP contribution >= 0.6 is 0 Å². The van der Waals surface area contributed by atoms with Crippen LogP contribution in [0.5, 0.6) is 11.5 Å². The highest BCUT2D eigenvalue weighted by Crippen LogP contribution is 2.38. The number of nitrogens with zero attached hydrogens (tertiary/aromatic N) is 3. The number of alkyl halides is 2. The molecule has 10 heteroatoms. The number of carbonyl (C=O) groups excluding carboxylic acids is 2. The van der Waals surface area contributed by atoms with E-state index >= 15 is 8.78 Å². The van der Waals surface area contributed by atoms with Gasteiger partial charge in [-0.15, -0.1) is 6.42 Å². The quantitative estimate of drug-likeness (QED) is 0.335. The van der Waals surface area contributed by atoms with Crippen molar-refractivity contribution < 1.29 is 27.8 Å². The van der Waals surface area contributed by atoms with Gasteiger partial charge in [0.05, 0.1) is 38.2 Å². The first-order valence-electron chi connectivity index (χ1n) is 12.2. The van der Waals surface area contributed by atoms with E-state index in [0.717, 1.165) is 0 Å². The van der Waals surface area contributed by atoms with E-state index in [1.165, 1.54) is 78.5 Å². The van der Waals surface area contributed by atoms with Crippen LogP contribution < -0.4 is 19.7 Å². The number of halogens is 2. The lowest BCUT2D eigenvalue weighted by molar-refractivity contribution is 0.0426. The van der Waals surface area contributed by atoms with Gasteiger partial charge < -0.3 is 19.7 Å². The maximum atomic E-state index is 15.2. The van der Waals surface area contributed by atoms with Crippen molar-refractivity contribution in [2.24, 2.45) is 0 Å². The summed E-state index contributed by atoms with van der Waals surface area (Å²) in [7, 11) is 2.89. The Morgan fingerprint density at radius 3 is 2.50 bits per heavy atom. The Labute approximate surface area is 229 Å². The molecular formula is C30H24F2N4O4. The fourth-order valence-corrected chi connectivity index (χ4v) is 4.53. The summed E-state index contributed by atoms with van der Waals surface area (Å²) < 4.78 is 42.2. The molecule has 5 rings (SSSR count). The number of ether oxygens (including phenoxy) is 2. The summed E-state index contributed by atoms with van der Waals surface area (Å²) in [4.78, 5) is 27.9. The van der Waals surface area contributed by atoms with Crippen LogP contribution in [0.4, 0.5) is 20.2 Å². The van der Waals surface area contributed by atoms with Gasteiger partial charge in [0.2, 0.25) is 0 Å². The van der Waals surface area contributed by atoms with Crippen molar-refractivity contribution in [1.29, 1.82) is 0 Å². The SMILES string of the molecule is C#Cc1cc(C(=O)Nc2cnn3c2C(=O)N(c2ccc(C(F)(F)c4cccc(OC)c4)cc2)CC3)ccc1OC. The molecule has 0 saturated carbocycles. The summed E-state index contributed by atoms with van der Waals surface area (Å²) in [5, 5.41) is 6.96. The fraction of sp³-hybridized carbons (Fsp3) is 0.167. The van der Waals surface area contributed by atoms with E-state index in [0.29, 0.717) is 29.3 Å². The minimum atomic E-state index is -3.27. The van der Waals surface area contributed by atoms with Gasteiger partial charge in [-0.2, -0.15) is 13.9 Å². The zero-order valence-corrected chi connectivity index (χ0v) is 21.7. The van der Waals surface area contributed by atoms with Gasteiger partial charge in [-0.1, -0.05) is 30.2 Å². The number of anilines is 2. The maximum absolute atomic E-state index is 15.2. The second-order valence-corrected chi connectivity index (χ2v) is 8.95. The predicted octanol–water partition coefficient (Wildman–Crippen LogP) is 4.93. The highest BCUT2D eigenvalue weighted by atomic mass is 19.3. The van der Waals surface area contributed by atoms with Crippen molar-refractivity contribution in [2.75, 3.05) is 31.0 Å². The molecule has 2 amide bonds. The standard InChI is InChI=1S/C30H24F2N4O4/c1-4-19-16-20(8-13-26(19)40-3)28(37)34-25-18-33-36-15-14-35(29(38)27(25)36)23-11-9-21(10-12-23)30(31,32)22-6-5-7-24(17-22)39-2/h1,5-13,16-18H,14-15H2,2-3H3,(H,34,37). The maximum Gasteiger partial charge on any atom is 0.298 e. The Kier molecular flexibility index (Phi) is 6.96. The van der Waals surface area contributed by atoms with E-state index in [9.17, 15) is 9.59 Å². The Hall–Kier alpha value is -5.17. The Bertz CT molecular complexity index is 1640. The number of terminal acetylenes is 1. The smallest absolute Gasteiger partial charge is 0.298 e. The molecule has 0 saturated heterocycles. The van der Waals surface area contributed by atoms with E-state index in [2.05, 4.69) is 16.3 Å². The molecule has 202 valence electrons. The largest absolute Gasteiger partial charge is 0.497 e. The van der Waals surface area contributed by atoms with E-state index in [1.807, 2.05) is 0 Å². The average molecular weight is 543 g/mol. The Balaban J connectivity index is 1.37. The molecule has 0 fully saturated rings. The third-order valence-electron chi connectivity index (χ3n) is 6.66. The molecule has 0 bridgehead atoms. The van der Waals surface area contributed by atoms with Crippen molar-refractivity contribution in [2.45, 2.75) is 12.5 Å². The van der Waals surface area contributed by atoms with Gasteiger partial charge in [-0.3, -0.25) is 14.3 Å². The first-order valence-corrected chi connectivity index (χ1v) is 12.2. The van der Waals surface area contributed by atoms with E-state index in [4.69, 9.17) is 15.9 Å². The number of fused-ring (bicyclic) bond motifs is 1.